The summed E-state index contributed by atoms with van der Waals surface area (Å²) in [5, 5.41) is 4.28. The fourth-order valence-electron chi connectivity index (χ4n) is 13.1. The molecule has 8 aromatic carbocycles. The summed E-state index contributed by atoms with van der Waals surface area (Å²) in [6.45, 7) is 45.7. The van der Waals surface area contributed by atoms with Crippen molar-refractivity contribution in [3.05, 3.63) is 284 Å². The Balaban J connectivity index is 0.000000467. The molecular formula is C105H155I9N8-4. The zero-order chi connectivity index (χ0) is 91.1. The van der Waals surface area contributed by atoms with Crippen molar-refractivity contribution in [2.75, 3.05) is 68.6 Å². The molecule has 0 radical (unpaired) electrons. The summed E-state index contributed by atoms with van der Waals surface area (Å²) in [5.41, 5.74) is 29.8. The second-order valence-corrected chi connectivity index (χ2v) is 46.8. The van der Waals surface area contributed by atoms with Crippen LogP contribution in [-0.4, -0.2) is 119 Å². The number of fused-ring (bicyclic) bond motifs is 2. The average Bonchev–Trinajstić information content (AvgIpc) is 1.65. The van der Waals surface area contributed by atoms with E-state index in [4.69, 9.17) is 0 Å². The molecular weight excluding hydrogens is 2520 g/mol. The van der Waals surface area contributed by atoms with Crippen molar-refractivity contribution >= 4 is 135 Å². The van der Waals surface area contributed by atoms with Gasteiger partial charge in [-0.15, -0.1) is 0 Å². The third kappa shape index (κ3) is 41.1. The van der Waals surface area contributed by atoms with Gasteiger partial charge in [-0.1, -0.05) is 214 Å². The number of alkyl halides is 9. The molecule has 11 aromatic rings. The van der Waals surface area contributed by atoms with Crippen LogP contribution in [0.5, 0.6) is 0 Å². The molecule has 0 aliphatic rings. The Labute approximate surface area is 855 Å². The molecule has 0 amide bonds. The number of halogens is 9. The van der Waals surface area contributed by atoms with Gasteiger partial charge in [-0.2, -0.15) is 0 Å². The standard InChI is InChI=1S/C15H18I.C14H19IN2.C14H22I.C14H21I.C10H19IN3.C10H18IN3.C9H12I.2C9H11I.CH4/c1-10(2)12-7-8-14-13(9-12)6-5-11(3)15(14)16-4;1-10-6-12(8-15)14-13(7-10)11(9-16-14)4-5-17(2)3;1-10(2)8-12-6-7-13(11(3)4)14(9-12)15-5;1-10(2)7-13-6-5-12(11(3)4)8-14(13)9-15;1-8(13(3)4)6-9-10(11-2)14(5)7-12-9;1-8(13(2)3)5-9-7-14(4)10(6-11)12-9;1-7-5-4-6-9(10-3)8(7)2;2*1-7-3-4-9(6-10)5-8(7)2;/h5-10H,1-4H3;6-7,9,16H,4-5,8H2,1-3H3;6-7,9-11H,8H2,1-5H3;5-6,8,10-11H,7,9H2,1-4H3;7-8H,6H2,1-5H3;7-8H,5-6H2,1-4H3;4-6H,1-3H3;2*3-5H,6H2,1-2H3;1H4/q-1;;-1;;-1;;-1;;;/t;;;;2*8-;;;;/m....11..../s1. The van der Waals surface area contributed by atoms with Gasteiger partial charge in [-0.25, -0.2) is 4.98 Å². The molecule has 0 aliphatic heterocycles. The minimum absolute atomic E-state index is 0. The average molecular weight is 2670 g/mol. The Morgan fingerprint density at radius 1 is 0.443 bits per heavy atom. The largest absolute Gasteiger partial charge is 0.361 e. The second kappa shape index (κ2) is 62.0. The van der Waals surface area contributed by atoms with E-state index in [9.17, 15) is 0 Å². The molecule has 0 bridgehead atoms. The zero-order valence-electron chi connectivity index (χ0n) is 79.8. The minimum atomic E-state index is 0. The number of aromatic amines is 1. The first-order chi connectivity index (χ1) is 57.2. The van der Waals surface area contributed by atoms with E-state index in [0.717, 1.165) is 65.6 Å². The maximum atomic E-state index is 4.58. The van der Waals surface area contributed by atoms with E-state index in [-0.39, 0.29) is 92.2 Å². The molecule has 682 valence electrons. The van der Waals surface area contributed by atoms with E-state index in [1.165, 1.54) is 144 Å². The Morgan fingerprint density at radius 3 is 1.47 bits per heavy atom. The number of hydrogen-bond acceptors (Lipinski definition) is 5. The summed E-state index contributed by atoms with van der Waals surface area (Å²) in [5.74, 6) is 4.60. The summed E-state index contributed by atoms with van der Waals surface area (Å²) in [6.07, 6.45) is 11.9. The van der Waals surface area contributed by atoms with Crippen LogP contribution in [-0.2, 0) is 68.3 Å². The number of aryl methyl sites for hydroxylation is 9. The van der Waals surface area contributed by atoms with Gasteiger partial charge < -0.3 is 19.4 Å². The molecule has 0 aliphatic carbocycles. The number of nitrogens with one attached hydrogen (secondary N) is 1. The first-order valence-corrected chi connectivity index (χ1v) is 63.1. The molecule has 11 rings (SSSR count). The molecule has 2 atom stereocenters. The van der Waals surface area contributed by atoms with Crippen molar-refractivity contribution in [3.8, 4) is 0 Å². The van der Waals surface area contributed by atoms with Crippen LogP contribution < -0.4 is 84.8 Å². The second-order valence-electron chi connectivity index (χ2n) is 34.3. The van der Waals surface area contributed by atoms with Crippen molar-refractivity contribution in [1.82, 2.24) is 38.8 Å². The van der Waals surface area contributed by atoms with Crippen LogP contribution in [0.1, 0.15) is 226 Å². The number of imidazole rings is 2. The van der Waals surface area contributed by atoms with Crippen LogP contribution in [0, 0.1) is 81.6 Å². The van der Waals surface area contributed by atoms with E-state index < -0.39 is 0 Å². The fraction of sp³-hybridized carbons (Fsp3) is 0.486. The van der Waals surface area contributed by atoms with Gasteiger partial charge in [0.1, 0.15) is 5.82 Å². The summed E-state index contributed by atoms with van der Waals surface area (Å²) >= 11 is 12.8. The van der Waals surface area contributed by atoms with Crippen molar-refractivity contribution in [2.24, 2.45) is 25.9 Å². The van der Waals surface area contributed by atoms with Crippen molar-refractivity contribution < 1.29 is 84.8 Å². The zero-order valence-corrected chi connectivity index (χ0v) is 99.2. The van der Waals surface area contributed by atoms with Crippen LogP contribution in [0.3, 0.4) is 0 Å². The SMILES string of the molecule is C.CC(C)Cc1ccc(C(C)C)cc1CI.C[C@H](Cc1cn(C)c(CI)n1)N(C)C.C[I-]c1c(C)ccc2cc(C(C)C)ccc12.C[I-]c1c(C[C@@H](C)N(C)C)ncn1C.C[I-]c1cc(CC(C)C)ccc1C(C)C.C[I-]c1cccc(C)c1C.Cc1cc(CI)c2[nH]cc(CCN(C)C)c2c1.Cc1ccc(CI)cc1C.Cc1ccc(CI)cc1C. The molecule has 0 saturated heterocycles. The van der Waals surface area contributed by atoms with Crippen molar-refractivity contribution in [1.29, 1.82) is 0 Å². The van der Waals surface area contributed by atoms with Crippen molar-refractivity contribution in [2.45, 2.75) is 230 Å². The van der Waals surface area contributed by atoms with Crippen LogP contribution in [0.15, 0.2) is 152 Å². The van der Waals surface area contributed by atoms with E-state index in [2.05, 4.69) is 512 Å². The Kier molecular flexibility index (Phi) is 59.2. The maximum Gasteiger partial charge on any atom is 0.0497 e. The molecule has 0 unspecified atom stereocenters. The number of aromatic nitrogens is 5. The first-order valence-electron chi connectivity index (χ1n) is 42.5. The quantitative estimate of drug-likeness (QED) is 0.0456. The van der Waals surface area contributed by atoms with Gasteiger partial charge in [0.25, 0.3) is 0 Å². The summed E-state index contributed by atoms with van der Waals surface area (Å²) in [6, 6.07) is 51.1. The van der Waals surface area contributed by atoms with Gasteiger partial charge in [0, 0.05) is 67.1 Å². The third-order valence-electron chi connectivity index (χ3n) is 21.5. The molecule has 1 N–H and O–H groups in total. The predicted molar refractivity (Wildman–Crippen MR) is 568 cm³/mol. The summed E-state index contributed by atoms with van der Waals surface area (Å²) in [7, 11) is 16.8. The number of likely N-dealkylation sites (N-methyl/N-ethyl adjacent to an activating group) is 3. The molecule has 17 heteroatoms. The molecule has 8 nitrogen and oxygen atoms in total. The van der Waals surface area contributed by atoms with Crippen LogP contribution in [0.4, 0.5) is 0 Å². The van der Waals surface area contributed by atoms with E-state index in [1.807, 2.05) is 6.33 Å². The smallest absolute Gasteiger partial charge is 0.0497 e. The van der Waals surface area contributed by atoms with Gasteiger partial charge in [0.05, 0.1) is 10.1 Å². The minimum Gasteiger partial charge on any atom is -0.361 e. The van der Waals surface area contributed by atoms with Crippen LogP contribution >= 0.6 is 113 Å². The van der Waals surface area contributed by atoms with Gasteiger partial charge in [-0.3, -0.25) is 0 Å². The van der Waals surface area contributed by atoms with Gasteiger partial charge in [-0.05, 0) is 162 Å². The van der Waals surface area contributed by atoms with E-state index >= 15 is 0 Å². The molecule has 3 aromatic heterocycles. The predicted octanol–water partition coefficient (Wildman–Crippen LogP) is 16.5. The van der Waals surface area contributed by atoms with Crippen LogP contribution in [0.2, 0.25) is 0 Å². The molecule has 122 heavy (non-hydrogen) atoms. The number of rotatable bonds is 25. The maximum absolute atomic E-state index is 4.58. The third-order valence-corrected chi connectivity index (χ3v) is 34.9. The van der Waals surface area contributed by atoms with E-state index in [1.54, 1.807) is 16.3 Å². The molecule has 0 fully saturated rings. The van der Waals surface area contributed by atoms with Gasteiger partial charge in [0.2, 0.25) is 0 Å². The van der Waals surface area contributed by atoms with Crippen LogP contribution in [0.25, 0.3) is 21.7 Å². The molecule has 3 heterocycles. The fourth-order valence-corrected chi connectivity index (χ4v) is 23.9. The number of H-pyrrole nitrogens is 1. The van der Waals surface area contributed by atoms with Gasteiger partial charge in [0.15, 0.2) is 0 Å². The number of benzene rings is 8. The van der Waals surface area contributed by atoms with Gasteiger partial charge >= 0.3 is 383 Å². The summed E-state index contributed by atoms with van der Waals surface area (Å²) in [4.78, 5) is 28.5. The monoisotopic (exact) mass is 2670 g/mol. The summed E-state index contributed by atoms with van der Waals surface area (Å²) < 4.78 is 16.0. The topological polar surface area (TPSA) is 61.2 Å². The molecule has 0 spiro atoms. The van der Waals surface area contributed by atoms with Crippen molar-refractivity contribution in [3.63, 3.8) is 0 Å². The first kappa shape index (κ1) is 116. The Bertz CT molecular complexity index is 4760. The Morgan fingerprint density at radius 2 is 0.992 bits per heavy atom. The number of hydrogen-bond donors (Lipinski definition) is 1. The number of nitrogens with zero attached hydrogens (tertiary/aromatic N) is 7. The molecule has 0 saturated carbocycles. The van der Waals surface area contributed by atoms with E-state index in [0.29, 0.717) is 29.8 Å². The Hall–Kier alpha value is -1.57. The normalized spacial score (nSPS) is 11.6.